The fraction of sp³-hybridized carbons (Fsp3) is 0.129. The lowest BCUT2D eigenvalue weighted by molar-refractivity contribution is 0.0964. The summed E-state index contributed by atoms with van der Waals surface area (Å²) in [7, 11) is -0.631. The molecule has 0 aliphatic carbocycles. The van der Waals surface area contributed by atoms with Gasteiger partial charge in [0.15, 0.2) is 0 Å². The minimum absolute atomic E-state index is 0.266. The minimum atomic E-state index is -3.62. The van der Waals surface area contributed by atoms with E-state index in [0.717, 1.165) is 22.3 Å². The molecule has 0 spiro atoms. The highest BCUT2D eigenvalue weighted by molar-refractivity contribution is 7.97. The Hall–Kier alpha value is -4.12. The van der Waals surface area contributed by atoms with Crippen molar-refractivity contribution in [2.24, 2.45) is 0 Å². The molecular weight excluding hydrogens is 561 g/mol. The average molecular weight is 590 g/mol. The van der Waals surface area contributed by atoms with Crippen molar-refractivity contribution in [2.45, 2.75) is 11.4 Å². The van der Waals surface area contributed by atoms with Gasteiger partial charge in [-0.05, 0) is 65.5 Å². The van der Waals surface area contributed by atoms with Crippen LogP contribution in [0.1, 0.15) is 15.9 Å². The van der Waals surface area contributed by atoms with Crippen molar-refractivity contribution in [1.82, 2.24) is 10.0 Å². The summed E-state index contributed by atoms with van der Waals surface area (Å²) in [5.74, 6) is -0.527. The number of hydrogen-bond donors (Lipinski definition) is 2. The van der Waals surface area contributed by atoms with Crippen molar-refractivity contribution < 1.29 is 22.0 Å². The number of anilines is 1. The zero-order valence-corrected chi connectivity index (χ0v) is 24.3. The van der Waals surface area contributed by atoms with Crippen molar-refractivity contribution >= 4 is 44.5 Å². The van der Waals surface area contributed by atoms with Gasteiger partial charge in [-0.1, -0.05) is 42.5 Å². The van der Waals surface area contributed by atoms with Crippen LogP contribution in [0.3, 0.4) is 0 Å². The molecule has 0 aliphatic heterocycles. The molecule has 7 nitrogen and oxygen atoms in total. The second-order valence-corrected chi connectivity index (χ2v) is 12.4. The van der Waals surface area contributed by atoms with Gasteiger partial charge in [-0.2, -0.15) is 0 Å². The molecular formula is C31H28FN3O4S2. The van der Waals surface area contributed by atoms with E-state index in [0.29, 0.717) is 34.3 Å². The Balaban J connectivity index is 1.58. The second-order valence-electron chi connectivity index (χ2n) is 9.42. The molecule has 0 bridgehead atoms. The monoisotopic (exact) mass is 589 g/mol. The number of nitrogens with one attached hydrogen (secondary N) is 2. The molecule has 41 heavy (non-hydrogen) atoms. The minimum Gasteiger partial charge on any atom is -0.455 e. The molecule has 5 aromatic rings. The Kier molecular flexibility index (Phi) is 8.16. The number of rotatable bonds is 9. The highest BCUT2D eigenvalue weighted by Gasteiger charge is 2.26. The van der Waals surface area contributed by atoms with E-state index in [9.17, 15) is 17.6 Å². The number of sulfonamides is 1. The highest BCUT2D eigenvalue weighted by Crippen LogP contribution is 2.41. The van der Waals surface area contributed by atoms with E-state index in [2.05, 4.69) is 10.0 Å². The second kappa shape index (κ2) is 11.8. The lowest BCUT2D eigenvalue weighted by atomic mass is 9.97. The first kappa shape index (κ1) is 28.4. The van der Waals surface area contributed by atoms with Crippen LogP contribution in [0, 0.1) is 5.82 Å². The summed E-state index contributed by atoms with van der Waals surface area (Å²) >= 11 is 1.54. The van der Waals surface area contributed by atoms with Crippen molar-refractivity contribution in [3.63, 3.8) is 0 Å². The third-order valence-electron chi connectivity index (χ3n) is 6.68. The van der Waals surface area contributed by atoms with Gasteiger partial charge in [0, 0.05) is 48.1 Å². The van der Waals surface area contributed by atoms with Gasteiger partial charge in [0.2, 0.25) is 10.0 Å². The van der Waals surface area contributed by atoms with Gasteiger partial charge in [0.25, 0.3) is 5.91 Å². The van der Waals surface area contributed by atoms with Crippen LogP contribution in [0.5, 0.6) is 0 Å². The predicted octanol–water partition coefficient (Wildman–Crippen LogP) is 6.46. The van der Waals surface area contributed by atoms with Crippen molar-refractivity contribution in [3.05, 3.63) is 108 Å². The van der Waals surface area contributed by atoms with Crippen molar-refractivity contribution in [1.29, 1.82) is 0 Å². The van der Waals surface area contributed by atoms with Crippen LogP contribution in [-0.2, 0) is 16.6 Å². The molecule has 1 aromatic heterocycles. The number of furan rings is 1. The molecule has 0 atom stereocenters. The lowest BCUT2D eigenvalue weighted by Crippen LogP contribution is -2.25. The third kappa shape index (κ3) is 6.14. The quantitative estimate of drug-likeness (QED) is 0.192. The maximum atomic E-state index is 13.6. The lowest BCUT2D eigenvalue weighted by Gasteiger charge is -2.21. The summed E-state index contributed by atoms with van der Waals surface area (Å²) in [6, 6.07) is 26.8. The van der Waals surface area contributed by atoms with Crippen LogP contribution in [0.25, 0.3) is 33.4 Å². The van der Waals surface area contributed by atoms with Gasteiger partial charge in [-0.15, -0.1) is 0 Å². The SMILES string of the molecule is CNC(=O)c1c(-c2ccc(F)cc2)oc2cc(N(C)S(C)(=O)=O)c(-c3ccc(CNSc4ccccc4)cc3)cc12. The van der Waals surface area contributed by atoms with E-state index in [1.807, 2.05) is 54.6 Å². The Morgan fingerprint density at radius 3 is 2.24 bits per heavy atom. The van der Waals surface area contributed by atoms with Crippen LogP contribution in [0.4, 0.5) is 10.1 Å². The molecule has 0 saturated carbocycles. The Labute approximate surface area is 242 Å². The number of amides is 1. The highest BCUT2D eigenvalue weighted by atomic mass is 32.2. The zero-order chi connectivity index (χ0) is 29.1. The maximum absolute atomic E-state index is 13.6. The Morgan fingerprint density at radius 2 is 1.61 bits per heavy atom. The molecule has 0 fully saturated rings. The zero-order valence-electron chi connectivity index (χ0n) is 22.6. The summed E-state index contributed by atoms with van der Waals surface area (Å²) in [6.45, 7) is 0.624. The Bertz CT molecular complexity index is 1810. The van der Waals surface area contributed by atoms with Crippen LogP contribution in [0.15, 0.2) is 100 Å². The number of benzene rings is 4. The molecule has 0 unspecified atom stereocenters. The number of halogens is 1. The number of carbonyl (C=O) groups is 1. The van der Waals surface area contributed by atoms with E-state index < -0.39 is 15.8 Å². The molecule has 0 saturated heterocycles. The number of fused-ring (bicyclic) bond motifs is 1. The maximum Gasteiger partial charge on any atom is 0.255 e. The molecule has 1 amide bonds. The van der Waals surface area contributed by atoms with E-state index in [4.69, 9.17) is 4.42 Å². The van der Waals surface area contributed by atoms with Crippen LogP contribution < -0.4 is 14.3 Å². The molecule has 210 valence electrons. The van der Waals surface area contributed by atoms with Crippen molar-refractivity contribution in [3.8, 4) is 22.5 Å². The number of nitrogens with zero attached hydrogens (tertiary/aromatic N) is 1. The van der Waals surface area contributed by atoms with Crippen molar-refractivity contribution in [2.75, 3.05) is 24.7 Å². The first-order valence-corrected chi connectivity index (χ1v) is 15.4. The molecule has 0 aliphatic rings. The van der Waals surface area contributed by atoms with Gasteiger partial charge in [0.05, 0.1) is 17.5 Å². The molecule has 2 N–H and O–H groups in total. The molecule has 1 heterocycles. The summed E-state index contributed by atoms with van der Waals surface area (Å²) < 4.78 is 49.5. The smallest absolute Gasteiger partial charge is 0.255 e. The van der Waals surface area contributed by atoms with Gasteiger partial charge in [-0.25, -0.2) is 12.8 Å². The molecule has 5 rings (SSSR count). The largest absolute Gasteiger partial charge is 0.455 e. The predicted molar refractivity (Wildman–Crippen MR) is 163 cm³/mol. The molecule has 10 heteroatoms. The third-order valence-corrected chi connectivity index (χ3v) is 8.67. The number of hydrogen-bond acceptors (Lipinski definition) is 6. The van der Waals surface area contributed by atoms with E-state index in [-0.39, 0.29) is 17.2 Å². The average Bonchev–Trinajstić information content (AvgIpc) is 3.35. The summed E-state index contributed by atoms with van der Waals surface area (Å²) in [5, 5.41) is 3.16. The van der Waals surface area contributed by atoms with Gasteiger partial charge in [0.1, 0.15) is 17.2 Å². The molecule has 0 radical (unpaired) electrons. The topological polar surface area (TPSA) is 91.7 Å². The first-order chi connectivity index (χ1) is 19.7. The van der Waals surface area contributed by atoms with E-state index in [1.165, 1.54) is 42.7 Å². The Morgan fingerprint density at radius 1 is 0.951 bits per heavy atom. The van der Waals surface area contributed by atoms with E-state index in [1.54, 1.807) is 24.1 Å². The van der Waals surface area contributed by atoms with Gasteiger partial charge in [-0.3, -0.25) is 13.8 Å². The van der Waals surface area contributed by atoms with E-state index >= 15 is 0 Å². The van der Waals surface area contributed by atoms with Crippen LogP contribution >= 0.6 is 11.9 Å². The van der Waals surface area contributed by atoms with Gasteiger partial charge < -0.3 is 9.73 Å². The normalized spacial score (nSPS) is 11.5. The van der Waals surface area contributed by atoms with Gasteiger partial charge >= 0.3 is 0 Å². The van der Waals surface area contributed by atoms with Crippen LogP contribution in [-0.4, -0.2) is 34.7 Å². The summed E-state index contributed by atoms with van der Waals surface area (Å²) in [5.41, 5.74) is 3.95. The number of carbonyl (C=O) groups excluding carboxylic acids is 1. The fourth-order valence-corrected chi connectivity index (χ4v) is 5.66. The summed E-state index contributed by atoms with van der Waals surface area (Å²) in [6.07, 6.45) is 1.13. The van der Waals surface area contributed by atoms with Crippen LogP contribution in [0.2, 0.25) is 0 Å². The first-order valence-electron chi connectivity index (χ1n) is 12.7. The summed E-state index contributed by atoms with van der Waals surface area (Å²) in [4.78, 5) is 14.2. The standard InChI is InChI=1S/C31H28FN3O4S2/c1-33-31(36)29-26-17-25(21-11-9-20(10-12-21)19-34-40-24-7-5-4-6-8-24)27(35(2)41(3,37)38)18-28(26)39-30(29)22-13-15-23(32)16-14-22/h4-18,34H,19H2,1-3H3,(H,33,36). The fourth-order valence-electron chi connectivity index (χ4n) is 4.45. The molecule has 4 aromatic carbocycles.